The van der Waals surface area contributed by atoms with E-state index in [1.807, 2.05) is 6.07 Å². The molecular weight excluding hydrogens is 420 g/mol. The van der Waals surface area contributed by atoms with Crippen LogP contribution in [0.3, 0.4) is 0 Å². The van der Waals surface area contributed by atoms with E-state index in [0.717, 1.165) is 45.0 Å². The first-order chi connectivity index (χ1) is 15.1. The molecule has 1 atom stereocenters. The number of aliphatic hydroxyl groups is 1. The third kappa shape index (κ3) is 2.22. The Morgan fingerprint density at radius 3 is 2.87 bits per heavy atom. The van der Waals surface area contributed by atoms with Crippen molar-refractivity contribution in [3.8, 4) is 22.9 Å². The van der Waals surface area contributed by atoms with E-state index in [0.29, 0.717) is 42.3 Å². The van der Waals surface area contributed by atoms with Crippen molar-refractivity contribution in [2.24, 2.45) is 0 Å². The highest BCUT2D eigenvalue weighted by atomic mass is 32.2. The summed E-state index contributed by atoms with van der Waals surface area (Å²) in [5.41, 5.74) is 4.75. The van der Waals surface area contributed by atoms with Crippen LogP contribution in [0.4, 0.5) is 0 Å². The predicted molar refractivity (Wildman–Crippen MR) is 111 cm³/mol. The lowest BCUT2D eigenvalue weighted by Gasteiger charge is -2.26. The zero-order valence-electron chi connectivity index (χ0n) is 16.3. The molecule has 0 amide bonds. The van der Waals surface area contributed by atoms with Gasteiger partial charge in [-0.2, -0.15) is 0 Å². The van der Waals surface area contributed by atoms with Crippen molar-refractivity contribution in [3.63, 3.8) is 0 Å². The van der Waals surface area contributed by atoms with Crippen LogP contribution in [0.5, 0.6) is 11.5 Å². The Labute approximate surface area is 179 Å². The fraction of sp³-hybridized carbons (Fsp3) is 0.318. The monoisotopic (exact) mass is 436 g/mol. The summed E-state index contributed by atoms with van der Waals surface area (Å²) in [6, 6.07) is 3.63. The van der Waals surface area contributed by atoms with E-state index >= 15 is 0 Å². The van der Waals surface area contributed by atoms with Gasteiger partial charge in [-0.15, -0.1) is 11.8 Å². The first kappa shape index (κ1) is 17.6. The number of hydrogen-bond donors (Lipinski definition) is 1. The summed E-state index contributed by atoms with van der Waals surface area (Å²) in [5.74, 6) is 1.65. The first-order valence-electron chi connectivity index (χ1n) is 10.1. The minimum atomic E-state index is -1.45. The van der Waals surface area contributed by atoms with Crippen LogP contribution >= 0.6 is 11.8 Å². The SMILES string of the molecule is O=C1OCc2c(cc3n(c2=O)Cc2c-3nc3cc4c(c5c3c2CCS5)OCCO4)C1O. The van der Waals surface area contributed by atoms with Crippen LogP contribution in [0.2, 0.25) is 0 Å². The predicted octanol–water partition coefficient (Wildman–Crippen LogP) is 1.93. The molecule has 156 valence electrons. The second kappa shape index (κ2) is 6.02. The maximum atomic E-state index is 13.2. The topological polar surface area (TPSA) is 99.9 Å². The van der Waals surface area contributed by atoms with E-state index in [9.17, 15) is 14.7 Å². The summed E-state index contributed by atoms with van der Waals surface area (Å²) >= 11 is 1.75. The lowest BCUT2D eigenvalue weighted by Crippen LogP contribution is -2.32. The molecule has 9 heteroatoms. The quantitative estimate of drug-likeness (QED) is 0.418. The highest BCUT2D eigenvalue weighted by Gasteiger charge is 2.36. The molecule has 6 heterocycles. The Morgan fingerprint density at radius 2 is 1.97 bits per heavy atom. The molecule has 4 aliphatic heterocycles. The fourth-order valence-corrected chi connectivity index (χ4v) is 6.19. The van der Waals surface area contributed by atoms with Gasteiger partial charge in [0.05, 0.1) is 33.9 Å². The van der Waals surface area contributed by atoms with E-state index < -0.39 is 12.1 Å². The van der Waals surface area contributed by atoms with Crippen molar-refractivity contribution >= 4 is 28.6 Å². The summed E-state index contributed by atoms with van der Waals surface area (Å²) in [7, 11) is 0. The molecule has 1 unspecified atom stereocenters. The lowest BCUT2D eigenvalue weighted by molar-refractivity contribution is -0.157. The average Bonchev–Trinajstić information content (AvgIpc) is 3.16. The highest BCUT2D eigenvalue weighted by molar-refractivity contribution is 7.99. The summed E-state index contributed by atoms with van der Waals surface area (Å²) in [4.78, 5) is 31.0. The number of carbonyl (C=O) groups is 1. The molecule has 0 bridgehead atoms. The normalized spacial score (nSPS) is 20.2. The van der Waals surface area contributed by atoms with Crippen molar-refractivity contribution in [2.75, 3.05) is 19.0 Å². The van der Waals surface area contributed by atoms with Crippen LogP contribution < -0.4 is 15.0 Å². The molecule has 0 aliphatic carbocycles. The number of rotatable bonds is 0. The van der Waals surface area contributed by atoms with E-state index in [1.165, 1.54) is 5.56 Å². The van der Waals surface area contributed by atoms with Crippen molar-refractivity contribution in [2.45, 2.75) is 30.6 Å². The number of aromatic nitrogens is 2. The summed E-state index contributed by atoms with van der Waals surface area (Å²) < 4.78 is 18.4. The van der Waals surface area contributed by atoms with Gasteiger partial charge in [-0.05, 0) is 18.1 Å². The molecule has 0 saturated carbocycles. The van der Waals surface area contributed by atoms with E-state index in [-0.39, 0.29) is 12.2 Å². The third-order valence-electron chi connectivity index (χ3n) is 6.42. The molecule has 0 radical (unpaired) electrons. The minimum absolute atomic E-state index is 0.120. The van der Waals surface area contributed by atoms with Gasteiger partial charge in [-0.3, -0.25) is 4.79 Å². The number of cyclic esters (lactones) is 1. The van der Waals surface area contributed by atoms with Crippen LogP contribution in [0, 0.1) is 0 Å². The van der Waals surface area contributed by atoms with Gasteiger partial charge in [-0.25, -0.2) is 9.78 Å². The number of carbonyl (C=O) groups excluding carboxylic acids is 1. The Balaban J connectivity index is 1.53. The van der Waals surface area contributed by atoms with Crippen LogP contribution in [0.15, 0.2) is 21.8 Å². The molecule has 0 fully saturated rings. The van der Waals surface area contributed by atoms with Crippen LogP contribution in [0.1, 0.15) is 28.4 Å². The van der Waals surface area contributed by atoms with Gasteiger partial charge < -0.3 is 23.9 Å². The highest BCUT2D eigenvalue weighted by Crippen LogP contribution is 2.50. The fourth-order valence-electron chi connectivity index (χ4n) is 5.01. The van der Waals surface area contributed by atoms with Crippen molar-refractivity contribution in [1.29, 1.82) is 0 Å². The molecule has 2 aromatic heterocycles. The molecule has 0 saturated heterocycles. The number of pyridine rings is 2. The number of thioether (sulfide) groups is 1. The van der Waals surface area contributed by atoms with Gasteiger partial charge >= 0.3 is 5.97 Å². The van der Waals surface area contributed by atoms with Gasteiger partial charge in [0, 0.05) is 28.3 Å². The standard InChI is InChI=1S/C22H16N2O6S/c25-18-10-5-14-17-11(7-24(14)21(26)12(10)8-30-22(18)27)9-1-4-31-20-16(9)13(23-17)6-15-19(20)29-3-2-28-15/h5-6,18,25H,1-4,7-8H2. The number of aryl methyl sites for hydroxylation is 1. The van der Waals surface area contributed by atoms with Gasteiger partial charge in [0.15, 0.2) is 17.6 Å². The van der Waals surface area contributed by atoms with E-state index in [4.69, 9.17) is 19.2 Å². The molecule has 1 N–H and O–H groups in total. The molecule has 1 aromatic carbocycles. The van der Waals surface area contributed by atoms with Gasteiger partial charge in [0.2, 0.25) is 0 Å². The zero-order valence-corrected chi connectivity index (χ0v) is 17.1. The molecule has 8 nitrogen and oxygen atoms in total. The molecule has 31 heavy (non-hydrogen) atoms. The van der Waals surface area contributed by atoms with Crippen molar-refractivity contribution in [1.82, 2.24) is 9.55 Å². The second-order valence-electron chi connectivity index (χ2n) is 8.00. The average molecular weight is 436 g/mol. The summed E-state index contributed by atoms with van der Waals surface area (Å²) in [5, 5.41) is 11.4. The van der Waals surface area contributed by atoms with Crippen LogP contribution in [0.25, 0.3) is 22.3 Å². The summed E-state index contributed by atoms with van der Waals surface area (Å²) in [6.07, 6.45) is -0.587. The largest absolute Gasteiger partial charge is 0.486 e. The van der Waals surface area contributed by atoms with Crippen LogP contribution in [-0.4, -0.2) is 39.6 Å². The molecule has 4 aliphatic rings. The van der Waals surface area contributed by atoms with Crippen LogP contribution in [-0.2, 0) is 29.1 Å². The van der Waals surface area contributed by atoms with Crippen molar-refractivity contribution < 1.29 is 24.1 Å². The third-order valence-corrected chi connectivity index (χ3v) is 7.51. The molecular formula is C22H16N2O6S. The lowest BCUT2D eigenvalue weighted by atomic mass is 9.96. The molecule has 3 aromatic rings. The van der Waals surface area contributed by atoms with Gasteiger partial charge in [0.1, 0.15) is 19.8 Å². The smallest absolute Gasteiger partial charge is 0.340 e. The number of ether oxygens (including phenoxy) is 3. The number of benzene rings is 1. The Kier molecular flexibility index (Phi) is 3.42. The molecule has 7 rings (SSSR count). The maximum absolute atomic E-state index is 13.2. The van der Waals surface area contributed by atoms with Gasteiger partial charge in [-0.1, -0.05) is 0 Å². The minimum Gasteiger partial charge on any atom is -0.486 e. The number of nitrogens with zero attached hydrogens (tertiary/aromatic N) is 2. The Morgan fingerprint density at radius 1 is 1.10 bits per heavy atom. The van der Waals surface area contributed by atoms with E-state index in [2.05, 4.69) is 0 Å². The Bertz CT molecular complexity index is 1410. The van der Waals surface area contributed by atoms with Gasteiger partial charge in [0.25, 0.3) is 5.56 Å². The van der Waals surface area contributed by atoms with Crippen molar-refractivity contribution in [3.05, 3.63) is 44.7 Å². The number of esters is 1. The van der Waals surface area contributed by atoms with E-state index in [1.54, 1.807) is 22.4 Å². The summed E-state index contributed by atoms with van der Waals surface area (Å²) in [6.45, 7) is 1.32. The number of fused-ring (bicyclic) bond motifs is 7. The first-order valence-corrected chi connectivity index (χ1v) is 11.1. The number of aliphatic hydroxyl groups excluding tert-OH is 1. The zero-order chi connectivity index (χ0) is 20.9. The maximum Gasteiger partial charge on any atom is 0.340 e. The Hall–Kier alpha value is -3.04. The second-order valence-corrected chi connectivity index (χ2v) is 9.11. The molecule has 0 spiro atoms. The number of hydrogen-bond acceptors (Lipinski definition) is 8.